The van der Waals surface area contributed by atoms with Gasteiger partial charge in [-0.15, -0.1) is 0 Å². The van der Waals surface area contributed by atoms with Crippen LogP contribution in [0.3, 0.4) is 0 Å². The summed E-state index contributed by atoms with van der Waals surface area (Å²) in [6, 6.07) is 7.94. The number of rotatable bonds is 5. The summed E-state index contributed by atoms with van der Waals surface area (Å²) in [6.07, 6.45) is 3.54. The van der Waals surface area contributed by atoms with Crippen molar-refractivity contribution < 1.29 is 9.90 Å². The number of carboxylic acid groups (broad SMARTS) is 1. The Morgan fingerprint density at radius 3 is 2.75 bits per heavy atom. The lowest BCUT2D eigenvalue weighted by atomic mass is 10.1. The largest absolute Gasteiger partial charge is 0.478 e. The fraction of sp³-hybridized carbons (Fsp3) is 0.375. The molecule has 0 fully saturated rings. The maximum Gasteiger partial charge on any atom is 0.339 e. The molecule has 0 aliphatic rings. The highest BCUT2D eigenvalue weighted by molar-refractivity contribution is 6.04. The van der Waals surface area contributed by atoms with Crippen molar-refractivity contribution in [2.45, 2.75) is 32.7 Å². The minimum absolute atomic E-state index is 0.258. The molecule has 1 atom stereocenters. The van der Waals surface area contributed by atoms with Gasteiger partial charge in [0.25, 0.3) is 0 Å². The van der Waals surface area contributed by atoms with E-state index >= 15 is 0 Å². The number of fused-ring (bicyclic) bond motifs is 1. The number of carboxylic acids is 1. The Labute approximate surface area is 119 Å². The Morgan fingerprint density at radius 1 is 1.40 bits per heavy atom. The molecule has 0 spiro atoms. The number of benzene rings is 1. The molecule has 1 unspecified atom stereocenters. The summed E-state index contributed by atoms with van der Waals surface area (Å²) >= 11 is 0. The number of para-hydroxylation sites is 1. The Balaban J connectivity index is 2.63. The molecule has 1 heterocycles. The predicted octanol–water partition coefficient (Wildman–Crippen LogP) is 3.56. The van der Waals surface area contributed by atoms with Crippen LogP contribution in [0.5, 0.6) is 0 Å². The van der Waals surface area contributed by atoms with Crippen LogP contribution in [-0.4, -0.2) is 29.1 Å². The first-order valence-corrected chi connectivity index (χ1v) is 6.90. The highest BCUT2D eigenvalue weighted by Crippen LogP contribution is 2.30. The molecule has 4 heteroatoms. The maximum absolute atomic E-state index is 11.5. The van der Waals surface area contributed by atoms with Gasteiger partial charge in [0.1, 0.15) is 5.56 Å². The van der Waals surface area contributed by atoms with Gasteiger partial charge in [0.2, 0.25) is 0 Å². The van der Waals surface area contributed by atoms with Crippen LogP contribution in [-0.2, 0) is 0 Å². The van der Waals surface area contributed by atoms with Gasteiger partial charge in [0.05, 0.1) is 11.2 Å². The van der Waals surface area contributed by atoms with E-state index < -0.39 is 5.97 Å². The Kier molecular flexibility index (Phi) is 4.23. The van der Waals surface area contributed by atoms with Gasteiger partial charge in [0, 0.05) is 24.7 Å². The van der Waals surface area contributed by atoms with E-state index in [9.17, 15) is 9.90 Å². The molecule has 0 aliphatic carbocycles. The molecule has 4 nitrogen and oxygen atoms in total. The number of aromatic carboxylic acids is 1. The lowest BCUT2D eigenvalue weighted by Gasteiger charge is -2.29. The van der Waals surface area contributed by atoms with Crippen molar-refractivity contribution in [2.24, 2.45) is 0 Å². The van der Waals surface area contributed by atoms with Crippen LogP contribution in [0.15, 0.2) is 30.5 Å². The predicted molar refractivity (Wildman–Crippen MR) is 81.5 cm³/mol. The standard InChI is InChI=1S/C16H20N2O2/c1-4-7-11(2)18(3)15-12-8-5-6-9-14(12)17-10-13(15)16(19)20/h5-6,8-11H,4,7H2,1-3H3,(H,19,20). The molecule has 20 heavy (non-hydrogen) atoms. The van der Waals surface area contributed by atoms with Crippen molar-refractivity contribution >= 4 is 22.6 Å². The van der Waals surface area contributed by atoms with Gasteiger partial charge in [-0.1, -0.05) is 31.5 Å². The van der Waals surface area contributed by atoms with Gasteiger partial charge in [-0.25, -0.2) is 4.79 Å². The van der Waals surface area contributed by atoms with Crippen LogP contribution in [0.4, 0.5) is 5.69 Å². The molecule has 0 saturated heterocycles. The molecule has 2 rings (SSSR count). The van der Waals surface area contributed by atoms with Crippen molar-refractivity contribution in [3.8, 4) is 0 Å². The van der Waals surface area contributed by atoms with Crippen molar-refractivity contribution in [1.82, 2.24) is 4.98 Å². The lowest BCUT2D eigenvalue weighted by molar-refractivity contribution is 0.0697. The summed E-state index contributed by atoms with van der Waals surface area (Å²) in [5.41, 5.74) is 1.83. The van der Waals surface area contributed by atoms with Gasteiger partial charge in [0.15, 0.2) is 0 Å². The topological polar surface area (TPSA) is 53.4 Å². The SMILES string of the molecule is CCCC(C)N(C)c1c(C(=O)O)cnc2ccccc12. The van der Waals surface area contributed by atoms with Crippen molar-refractivity contribution in [3.63, 3.8) is 0 Å². The third-order valence-electron chi connectivity index (χ3n) is 3.70. The van der Waals surface area contributed by atoms with Crippen LogP contribution in [0.1, 0.15) is 37.0 Å². The molecule has 0 saturated carbocycles. The number of hydrogen-bond donors (Lipinski definition) is 1. The molecular formula is C16H20N2O2. The molecule has 0 amide bonds. The van der Waals surface area contributed by atoms with Crippen LogP contribution >= 0.6 is 0 Å². The fourth-order valence-corrected chi connectivity index (χ4v) is 2.50. The molecule has 1 N–H and O–H groups in total. The van der Waals surface area contributed by atoms with E-state index in [0.717, 1.165) is 29.4 Å². The molecule has 2 aromatic rings. The van der Waals surface area contributed by atoms with Crippen LogP contribution in [0.2, 0.25) is 0 Å². The normalized spacial score (nSPS) is 12.3. The number of anilines is 1. The Hall–Kier alpha value is -2.10. The third kappa shape index (κ3) is 2.59. The first-order chi connectivity index (χ1) is 9.56. The van der Waals surface area contributed by atoms with Crippen molar-refractivity contribution in [2.75, 3.05) is 11.9 Å². The van der Waals surface area contributed by atoms with E-state index in [0.29, 0.717) is 0 Å². The van der Waals surface area contributed by atoms with Gasteiger partial charge in [-0.2, -0.15) is 0 Å². The summed E-state index contributed by atoms with van der Waals surface area (Å²) in [5.74, 6) is -0.936. The second-order valence-corrected chi connectivity index (χ2v) is 5.09. The van der Waals surface area contributed by atoms with E-state index in [2.05, 4.69) is 23.7 Å². The van der Waals surface area contributed by atoms with E-state index in [1.165, 1.54) is 6.20 Å². The Bertz CT molecular complexity index is 625. The zero-order chi connectivity index (χ0) is 14.7. The monoisotopic (exact) mass is 272 g/mol. The van der Waals surface area contributed by atoms with Crippen molar-refractivity contribution in [3.05, 3.63) is 36.0 Å². The first-order valence-electron chi connectivity index (χ1n) is 6.90. The second-order valence-electron chi connectivity index (χ2n) is 5.09. The van der Waals surface area contributed by atoms with E-state index in [4.69, 9.17) is 0 Å². The third-order valence-corrected chi connectivity index (χ3v) is 3.70. The maximum atomic E-state index is 11.5. The minimum atomic E-state index is -0.936. The summed E-state index contributed by atoms with van der Waals surface area (Å²) in [6.45, 7) is 4.25. The Morgan fingerprint density at radius 2 is 2.10 bits per heavy atom. The average molecular weight is 272 g/mol. The number of nitrogens with zero attached hydrogens (tertiary/aromatic N) is 2. The molecule has 106 valence electrons. The lowest BCUT2D eigenvalue weighted by Crippen LogP contribution is -2.30. The highest BCUT2D eigenvalue weighted by atomic mass is 16.4. The second kappa shape index (κ2) is 5.90. The van der Waals surface area contributed by atoms with E-state index in [-0.39, 0.29) is 11.6 Å². The number of carbonyl (C=O) groups is 1. The zero-order valence-corrected chi connectivity index (χ0v) is 12.1. The summed E-state index contributed by atoms with van der Waals surface area (Å²) in [5, 5.41) is 10.3. The smallest absolute Gasteiger partial charge is 0.339 e. The first kappa shape index (κ1) is 14.3. The van der Waals surface area contributed by atoms with Crippen LogP contribution in [0, 0.1) is 0 Å². The summed E-state index contributed by atoms with van der Waals surface area (Å²) in [4.78, 5) is 17.8. The van der Waals surface area contributed by atoms with Crippen molar-refractivity contribution in [1.29, 1.82) is 0 Å². The fourth-order valence-electron chi connectivity index (χ4n) is 2.50. The van der Waals surface area contributed by atoms with Gasteiger partial charge < -0.3 is 10.0 Å². The number of hydrogen-bond acceptors (Lipinski definition) is 3. The molecular weight excluding hydrogens is 252 g/mol. The number of pyridine rings is 1. The molecule has 0 bridgehead atoms. The van der Waals surface area contributed by atoms with Gasteiger partial charge >= 0.3 is 5.97 Å². The van der Waals surface area contributed by atoms with Crippen LogP contribution < -0.4 is 4.90 Å². The molecule has 0 radical (unpaired) electrons. The van der Waals surface area contributed by atoms with E-state index in [1.54, 1.807) is 0 Å². The average Bonchev–Trinajstić information content (AvgIpc) is 2.45. The summed E-state index contributed by atoms with van der Waals surface area (Å²) < 4.78 is 0. The van der Waals surface area contributed by atoms with Crippen LogP contribution in [0.25, 0.3) is 10.9 Å². The number of aromatic nitrogens is 1. The molecule has 1 aromatic carbocycles. The van der Waals surface area contributed by atoms with Gasteiger partial charge in [-0.3, -0.25) is 4.98 Å². The zero-order valence-electron chi connectivity index (χ0n) is 12.1. The minimum Gasteiger partial charge on any atom is -0.478 e. The van der Waals surface area contributed by atoms with E-state index in [1.807, 2.05) is 31.3 Å². The highest BCUT2D eigenvalue weighted by Gasteiger charge is 2.20. The molecule has 1 aromatic heterocycles. The summed E-state index contributed by atoms with van der Waals surface area (Å²) in [7, 11) is 1.95. The van der Waals surface area contributed by atoms with Gasteiger partial charge in [-0.05, 0) is 19.4 Å². The quantitative estimate of drug-likeness (QED) is 0.904. The molecule has 0 aliphatic heterocycles.